The van der Waals surface area contributed by atoms with E-state index in [2.05, 4.69) is 46.5 Å². The van der Waals surface area contributed by atoms with Crippen molar-refractivity contribution in [2.45, 2.75) is 142 Å². The summed E-state index contributed by atoms with van der Waals surface area (Å²) in [4.78, 5) is 17.2. The highest BCUT2D eigenvalue weighted by molar-refractivity contribution is 7.15. The van der Waals surface area contributed by atoms with Crippen LogP contribution in [0.1, 0.15) is 111 Å². The van der Waals surface area contributed by atoms with Crippen LogP contribution in [0.2, 0.25) is 0 Å². The lowest BCUT2D eigenvalue weighted by Crippen LogP contribution is -2.66. The molecule has 0 spiro atoms. The average molecular weight is 627 g/mol. The molecule has 10 heteroatoms. The van der Waals surface area contributed by atoms with Gasteiger partial charge in [-0.25, -0.2) is 4.98 Å². The molecule has 3 saturated carbocycles. The number of nitrogens with one attached hydrogen (secondary N) is 1. The minimum atomic E-state index is -4.97. The molecular formula is C33H49F3N2O4S. The third-order valence-electron chi connectivity index (χ3n) is 13.7. The molecule has 5 aliphatic rings. The Morgan fingerprint density at radius 2 is 1.65 bits per heavy atom. The Bertz CT molecular complexity index is 1310. The summed E-state index contributed by atoms with van der Waals surface area (Å²) in [5, 5.41) is 24.8. The van der Waals surface area contributed by atoms with Crippen molar-refractivity contribution in [2.75, 3.05) is 5.32 Å². The van der Waals surface area contributed by atoms with Crippen molar-refractivity contribution in [1.82, 2.24) is 4.98 Å². The van der Waals surface area contributed by atoms with E-state index >= 15 is 0 Å². The summed E-state index contributed by atoms with van der Waals surface area (Å²) in [5.41, 5.74) is -1.21. The number of carbonyl (C=O) groups excluding carboxylic acids is 1. The number of anilines is 1. The van der Waals surface area contributed by atoms with E-state index in [-0.39, 0.29) is 62.2 Å². The van der Waals surface area contributed by atoms with Gasteiger partial charge >= 0.3 is 12.1 Å². The number of fused-ring (bicyclic) bond motifs is 6. The maximum Gasteiger partial charge on any atom is 0.471 e. The van der Waals surface area contributed by atoms with Gasteiger partial charge in [-0.2, -0.15) is 13.2 Å². The van der Waals surface area contributed by atoms with Crippen molar-refractivity contribution in [3.05, 3.63) is 10.6 Å². The number of thiazole rings is 1. The van der Waals surface area contributed by atoms with Crippen LogP contribution in [0.3, 0.4) is 0 Å². The first kappa shape index (κ1) is 31.7. The van der Waals surface area contributed by atoms with Gasteiger partial charge in [-0.1, -0.05) is 34.6 Å². The van der Waals surface area contributed by atoms with Crippen molar-refractivity contribution in [2.24, 2.45) is 39.9 Å². The molecular weight excluding hydrogens is 577 g/mol. The van der Waals surface area contributed by atoms with Crippen LogP contribution in [0.25, 0.3) is 0 Å². The van der Waals surface area contributed by atoms with E-state index < -0.39 is 23.8 Å². The summed E-state index contributed by atoms with van der Waals surface area (Å²) in [5.74, 6) is -1.23. The van der Waals surface area contributed by atoms with Crippen molar-refractivity contribution in [1.29, 1.82) is 0 Å². The predicted molar refractivity (Wildman–Crippen MR) is 160 cm³/mol. The van der Waals surface area contributed by atoms with Crippen LogP contribution in [-0.4, -0.2) is 50.7 Å². The van der Waals surface area contributed by atoms with Crippen molar-refractivity contribution in [3.63, 3.8) is 0 Å². The van der Waals surface area contributed by atoms with Gasteiger partial charge in [0.15, 0.2) is 5.13 Å². The van der Waals surface area contributed by atoms with Crippen LogP contribution >= 0.6 is 11.3 Å². The van der Waals surface area contributed by atoms with Crippen LogP contribution in [0.15, 0.2) is 0 Å². The summed E-state index contributed by atoms with van der Waals surface area (Å²) in [6.45, 7) is 17.3. The van der Waals surface area contributed by atoms with E-state index in [0.29, 0.717) is 12.8 Å². The molecule has 1 saturated heterocycles. The van der Waals surface area contributed by atoms with E-state index in [1.54, 1.807) is 0 Å². The Labute approximate surface area is 257 Å². The summed E-state index contributed by atoms with van der Waals surface area (Å²) >= 11 is 1.17. The molecule has 6 rings (SSSR count). The number of nitrogens with zero attached hydrogens (tertiary/aromatic N) is 1. The number of hydrogen-bond acceptors (Lipinski definition) is 6. The first-order valence-corrected chi connectivity index (χ1v) is 16.9. The molecule has 2 heterocycles. The quantitative estimate of drug-likeness (QED) is 0.335. The van der Waals surface area contributed by atoms with Crippen LogP contribution in [0.5, 0.6) is 0 Å². The number of hydrogen-bond donors (Lipinski definition) is 3. The normalized spacial score (nSPS) is 45.6. The van der Waals surface area contributed by atoms with Gasteiger partial charge in [0.25, 0.3) is 0 Å². The number of amides is 1. The highest BCUT2D eigenvalue weighted by Crippen LogP contribution is 2.76. The number of rotatable bonds is 3. The second kappa shape index (κ2) is 9.41. The zero-order chi connectivity index (χ0) is 31.8. The second-order valence-electron chi connectivity index (χ2n) is 16.7. The van der Waals surface area contributed by atoms with Gasteiger partial charge in [0.2, 0.25) is 0 Å². The third-order valence-corrected chi connectivity index (χ3v) is 14.7. The molecule has 6 nitrogen and oxygen atoms in total. The summed E-state index contributed by atoms with van der Waals surface area (Å²) in [6.07, 6.45) is 1.40. The average Bonchev–Trinajstić information content (AvgIpc) is 3.56. The predicted octanol–water partition coefficient (Wildman–Crippen LogP) is 7.02. The molecule has 43 heavy (non-hydrogen) atoms. The summed E-state index contributed by atoms with van der Waals surface area (Å²) in [6, 6.07) is 0. The molecule has 10 atom stereocenters. The van der Waals surface area contributed by atoms with Crippen molar-refractivity contribution < 1.29 is 32.9 Å². The lowest BCUT2D eigenvalue weighted by Gasteiger charge is -2.69. The van der Waals surface area contributed by atoms with Crippen molar-refractivity contribution >= 4 is 22.4 Å². The maximum atomic E-state index is 13.0. The molecule has 1 aliphatic heterocycles. The largest absolute Gasteiger partial charge is 0.471 e. The summed E-state index contributed by atoms with van der Waals surface area (Å²) in [7, 11) is 0. The Morgan fingerprint density at radius 1 is 1.00 bits per heavy atom. The molecule has 3 N–H and O–H groups in total. The molecule has 1 unspecified atom stereocenters. The number of aromatic nitrogens is 1. The number of alkyl halides is 3. The lowest BCUT2D eigenvalue weighted by atomic mass is 9.35. The highest BCUT2D eigenvalue weighted by Gasteiger charge is 2.72. The molecule has 0 bridgehead atoms. The van der Waals surface area contributed by atoms with E-state index in [1.165, 1.54) is 11.3 Å². The molecule has 4 fully saturated rings. The standard InChI is InChI=1S/C33H49F3N2O4S/c1-27(2)20-10-13-30(6)21(29(20,5)16-19-24(27)37-26(43-19)38-25(40)33(34,35)36)15-18(39)23-17(9-12-31(23,30)7)32(8)14-11-22(42-32)28(3,4)41/h17-18,20-23,39,41H,9-16H2,1-8H3,(H,37,38,40)/t17?,18-,20+,21-,22+,23+,29+,30-,31-,32+/m1/s1. The zero-order valence-corrected chi connectivity index (χ0v) is 27.6. The van der Waals surface area contributed by atoms with Gasteiger partial charge in [-0.3, -0.25) is 10.1 Å². The monoisotopic (exact) mass is 626 g/mol. The molecule has 242 valence electrons. The van der Waals surface area contributed by atoms with E-state index in [0.717, 1.165) is 49.1 Å². The van der Waals surface area contributed by atoms with Crippen LogP contribution in [0, 0.1) is 39.9 Å². The number of ether oxygens (including phenoxy) is 1. The Kier molecular flexibility index (Phi) is 6.95. The highest BCUT2D eigenvalue weighted by atomic mass is 32.1. The van der Waals surface area contributed by atoms with E-state index in [4.69, 9.17) is 4.74 Å². The fraction of sp³-hybridized carbons (Fsp3) is 0.879. The van der Waals surface area contributed by atoms with Gasteiger partial charge in [-0.05, 0) is 112 Å². The van der Waals surface area contributed by atoms with Crippen LogP contribution < -0.4 is 5.32 Å². The number of halogens is 3. The molecule has 4 aliphatic carbocycles. The second-order valence-corrected chi connectivity index (χ2v) is 17.8. The lowest BCUT2D eigenvalue weighted by molar-refractivity contribution is -0.227. The fourth-order valence-corrected chi connectivity index (χ4v) is 12.9. The topological polar surface area (TPSA) is 91.7 Å². The number of aliphatic hydroxyl groups excluding tert-OH is 1. The van der Waals surface area contributed by atoms with Gasteiger partial charge in [0.1, 0.15) is 0 Å². The minimum absolute atomic E-state index is 0.00826. The molecule has 0 radical (unpaired) electrons. The molecule has 1 amide bonds. The van der Waals surface area contributed by atoms with Gasteiger partial charge < -0.3 is 14.9 Å². The zero-order valence-electron chi connectivity index (χ0n) is 26.8. The maximum absolute atomic E-state index is 13.0. The Hall–Kier alpha value is -1.23. The number of carbonyl (C=O) groups is 1. The van der Waals surface area contributed by atoms with Gasteiger partial charge in [-0.15, -0.1) is 11.3 Å². The van der Waals surface area contributed by atoms with Crippen LogP contribution in [-0.2, 0) is 21.4 Å². The number of aliphatic hydroxyl groups is 2. The minimum Gasteiger partial charge on any atom is -0.393 e. The van der Waals surface area contributed by atoms with Crippen molar-refractivity contribution in [3.8, 4) is 0 Å². The molecule has 1 aromatic heterocycles. The van der Waals surface area contributed by atoms with Gasteiger partial charge in [0.05, 0.1) is 29.1 Å². The Morgan fingerprint density at radius 3 is 2.26 bits per heavy atom. The van der Waals surface area contributed by atoms with Crippen LogP contribution in [0.4, 0.5) is 18.3 Å². The SMILES string of the molecule is CC(C)(O)[C@@H]1CC[C@@](C)(C2CC[C@]3(C)[C@@H]2[C@H](O)C[C@@H]2[C@@]4(C)Cc5sc(NC(=O)C(F)(F)F)nc5C(C)(C)[C@@H]4CC[C@]23C)O1. The third kappa shape index (κ3) is 4.42. The smallest absolute Gasteiger partial charge is 0.393 e. The first-order chi connectivity index (χ1) is 19.6. The first-order valence-electron chi connectivity index (χ1n) is 16.0. The Balaban J connectivity index is 1.33. The molecule has 1 aromatic rings. The fourth-order valence-electron chi connectivity index (χ4n) is 11.6. The van der Waals surface area contributed by atoms with E-state index in [9.17, 15) is 28.2 Å². The molecule has 0 aromatic carbocycles. The summed E-state index contributed by atoms with van der Waals surface area (Å²) < 4.78 is 45.7. The van der Waals surface area contributed by atoms with E-state index in [1.807, 2.05) is 19.2 Å². The van der Waals surface area contributed by atoms with Gasteiger partial charge in [0, 0.05) is 10.3 Å².